The Morgan fingerprint density at radius 1 is 1.25 bits per heavy atom. The molecule has 2 rings (SSSR count). The second-order valence-corrected chi connectivity index (χ2v) is 8.07. The van der Waals surface area contributed by atoms with Crippen LogP contribution in [0.3, 0.4) is 0 Å². The van der Waals surface area contributed by atoms with Gasteiger partial charge in [-0.3, -0.25) is 4.79 Å². The van der Waals surface area contributed by atoms with E-state index >= 15 is 0 Å². The summed E-state index contributed by atoms with van der Waals surface area (Å²) in [6.45, 7) is 5.30. The summed E-state index contributed by atoms with van der Waals surface area (Å²) in [6, 6.07) is -0.0145. The van der Waals surface area contributed by atoms with Crippen LogP contribution in [0.1, 0.15) is 32.3 Å². The third-order valence-corrected chi connectivity index (χ3v) is 5.05. The van der Waals surface area contributed by atoms with Crippen LogP contribution in [-0.2, 0) is 25.5 Å². The van der Waals surface area contributed by atoms with Crippen molar-refractivity contribution in [1.82, 2.24) is 20.9 Å². The summed E-state index contributed by atoms with van der Waals surface area (Å²) >= 11 is 0. The highest BCUT2D eigenvalue weighted by atomic mass is 16.5. The molecule has 0 aromatic carbocycles. The van der Waals surface area contributed by atoms with E-state index in [0.717, 1.165) is 12.8 Å². The second-order valence-electron chi connectivity index (χ2n) is 8.07. The number of aliphatic carboxylic acids is 1. The zero-order valence-electron chi connectivity index (χ0n) is 18.5. The minimum absolute atomic E-state index is 0.0101. The quantitative estimate of drug-likeness (QED) is 0.412. The van der Waals surface area contributed by atoms with Crippen molar-refractivity contribution >= 4 is 23.7 Å². The van der Waals surface area contributed by atoms with Gasteiger partial charge in [-0.05, 0) is 30.4 Å². The van der Waals surface area contributed by atoms with Gasteiger partial charge in [0.1, 0.15) is 17.9 Å². The Kier molecular flexibility index (Phi) is 10.2. The smallest absolute Gasteiger partial charge is 0.326 e. The molecule has 1 aliphatic rings. The van der Waals surface area contributed by atoms with E-state index in [-0.39, 0.29) is 25.0 Å². The van der Waals surface area contributed by atoms with Crippen molar-refractivity contribution in [3.8, 4) is 0 Å². The number of aromatic nitrogens is 1. The van der Waals surface area contributed by atoms with Gasteiger partial charge >= 0.3 is 12.0 Å². The molecule has 0 saturated carbocycles. The Balaban J connectivity index is 2.02. The molecule has 32 heavy (non-hydrogen) atoms. The highest BCUT2D eigenvalue weighted by Gasteiger charge is 2.27. The number of nitrogens with one attached hydrogen (secondary N) is 3. The topological polar surface area (TPSA) is 165 Å². The van der Waals surface area contributed by atoms with Gasteiger partial charge in [0.05, 0.1) is 19.3 Å². The van der Waals surface area contributed by atoms with Crippen LogP contribution >= 0.6 is 0 Å². The molecule has 0 spiro atoms. The third-order valence-electron chi connectivity index (χ3n) is 5.05. The molecule has 3 atom stereocenters. The van der Waals surface area contributed by atoms with Gasteiger partial charge in [0.15, 0.2) is 0 Å². The highest BCUT2D eigenvalue weighted by Crippen LogP contribution is 2.07. The number of hydrogen-bond acceptors (Lipinski definition) is 7. The monoisotopic (exact) mass is 451 g/mol. The van der Waals surface area contributed by atoms with E-state index in [1.165, 1.54) is 6.20 Å². The van der Waals surface area contributed by atoms with E-state index < -0.39 is 30.0 Å². The molecule has 1 aliphatic heterocycles. The molecule has 11 nitrogen and oxygen atoms in total. The maximum Gasteiger partial charge on any atom is 0.326 e. The summed E-state index contributed by atoms with van der Waals surface area (Å²) in [4.78, 5) is 40.9. The molecular weight excluding hydrogens is 418 g/mol. The van der Waals surface area contributed by atoms with E-state index in [4.69, 9.17) is 15.2 Å². The third kappa shape index (κ3) is 8.67. The molecule has 3 amide bonds. The second kappa shape index (κ2) is 12.8. The molecule has 6 N–H and O–H groups in total. The van der Waals surface area contributed by atoms with Crippen LogP contribution in [0, 0.1) is 5.92 Å². The van der Waals surface area contributed by atoms with Gasteiger partial charge in [0, 0.05) is 25.8 Å². The maximum absolute atomic E-state index is 12.8. The average Bonchev–Trinajstić information content (AvgIpc) is 2.73. The molecule has 0 bridgehead atoms. The Labute approximate surface area is 187 Å². The summed E-state index contributed by atoms with van der Waals surface area (Å²) in [6.07, 6.45) is 3.06. The Hall–Kier alpha value is -2.92. The van der Waals surface area contributed by atoms with Crippen LogP contribution in [0.2, 0.25) is 0 Å². The van der Waals surface area contributed by atoms with Gasteiger partial charge in [-0.2, -0.15) is 0 Å². The summed E-state index contributed by atoms with van der Waals surface area (Å²) in [5.41, 5.74) is 6.14. The van der Waals surface area contributed by atoms with Crippen molar-refractivity contribution in [2.24, 2.45) is 5.92 Å². The number of nitrogen functional groups attached to an aromatic ring is 1. The molecule has 0 aliphatic carbocycles. The summed E-state index contributed by atoms with van der Waals surface area (Å²) in [5.74, 6) is -1.20. The first-order chi connectivity index (χ1) is 15.3. The molecule has 0 unspecified atom stereocenters. The molecule has 0 radical (unpaired) electrons. The fourth-order valence-corrected chi connectivity index (χ4v) is 3.04. The van der Waals surface area contributed by atoms with Crippen LogP contribution in [0.25, 0.3) is 0 Å². The molecule has 178 valence electrons. The lowest BCUT2D eigenvalue weighted by Gasteiger charge is -2.27. The van der Waals surface area contributed by atoms with Gasteiger partial charge in [0.2, 0.25) is 5.91 Å². The molecule has 2 heterocycles. The average molecular weight is 452 g/mol. The number of amides is 3. The first kappa shape index (κ1) is 25.3. The van der Waals surface area contributed by atoms with Gasteiger partial charge in [-0.1, -0.05) is 19.9 Å². The lowest BCUT2D eigenvalue weighted by atomic mass is 10.0. The number of nitrogens with zero attached hydrogens (tertiary/aromatic N) is 1. The van der Waals surface area contributed by atoms with Gasteiger partial charge < -0.3 is 36.3 Å². The summed E-state index contributed by atoms with van der Waals surface area (Å²) < 4.78 is 11.2. The highest BCUT2D eigenvalue weighted by molar-refractivity contribution is 5.89. The molecule has 1 saturated heterocycles. The van der Waals surface area contributed by atoms with Crippen molar-refractivity contribution < 1.29 is 29.0 Å². The van der Waals surface area contributed by atoms with E-state index in [0.29, 0.717) is 31.2 Å². The minimum Gasteiger partial charge on any atom is -0.480 e. The van der Waals surface area contributed by atoms with Crippen LogP contribution < -0.4 is 21.7 Å². The van der Waals surface area contributed by atoms with E-state index in [2.05, 4.69) is 20.9 Å². The van der Waals surface area contributed by atoms with Crippen LogP contribution in [-0.4, -0.2) is 72.6 Å². The normalized spacial score (nSPS) is 21.5. The number of nitrogens with two attached hydrogens (primary N) is 1. The fraction of sp³-hybridized carbons (Fsp3) is 0.619. The number of ether oxygens (including phenoxy) is 2. The SMILES string of the molecule is CC(C)[C@H]1COCCCCOC[C@@H](NC(=O)N[C@@H](Cc2ccc(N)nc2)C(=O)O)C(=O)N1. The molecule has 11 heteroatoms. The lowest BCUT2D eigenvalue weighted by molar-refractivity contribution is -0.139. The van der Waals surface area contributed by atoms with Crippen molar-refractivity contribution in [3.05, 3.63) is 23.9 Å². The van der Waals surface area contributed by atoms with Crippen LogP contribution in [0.4, 0.5) is 10.6 Å². The number of anilines is 1. The molecule has 1 aromatic heterocycles. The van der Waals surface area contributed by atoms with Crippen molar-refractivity contribution in [1.29, 1.82) is 0 Å². The van der Waals surface area contributed by atoms with Crippen LogP contribution in [0.15, 0.2) is 18.3 Å². The van der Waals surface area contributed by atoms with E-state index in [1.54, 1.807) is 12.1 Å². The Morgan fingerprint density at radius 2 is 1.94 bits per heavy atom. The summed E-state index contributed by atoms with van der Waals surface area (Å²) in [7, 11) is 0. The number of carboxylic acids is 1. The van der Waals surface area contributed by atoms with Gasteiger partial charge in [-0.25, -0.2) is 14.6 Å². The van der Waals surface area contributed by atoms with Crippen molar-refractivity contribution in [3.63, 3.8) is 0 Å². The predicted octanol–water partition coefficient (Wildman–Crippen LogP) is 0.295. The summed E-state index contributed by atoms with van der Waals surface area (Å²) in [5, 5.41) is 17.3. The van der Waals surface area contributed by atoms with Crippen LogP contribution in [0.5, 0.6) is 0 Å². The van der Waals surface area contributed by atoms with Crippen molar-refractivity contribution in [2.45, 2.75) is 51.2 Å². The van der Waals surface area contributed by atoms with Gasteiger partial charge in [0.25, 0.3) is 0 Å². The zero-order chi connectivity index (χ0) is 23.5. The number of hydrogen-bond donors (Lipinski definition) is 5. The fourth-order valence-electron chi connectivity index (χ4n) is 3.04. The number of carboxylic acid groups (broad SMARTS) is 1. The van der Waals surface area contributed by atoms with Gasteiger partial charge in [-0.15, -0.1) is 0 Å². The number of rotatable bonds is 6. The predicted molar refractivity (Wildman–Crippen MR) is 117 cm³/mol. The zero-order valence-corrected chi connectivity index (χ0v) is 18.5. The molecule has 1 fully saturated rings. The Bertz CT molecular complexity index is 758. The molecule has 1 aromatic rings. The van der Waals surface area contributed by atoms with E-state index in [1.807, 2.05) is 13.8 Å². The first-order valence-electron chi connectivity index (χ1n) is 10.7. The lowest BCUT2D eigenvalue weighted by Crippen LogP contribution is -2.57. The molecular formula is C21H33N5O6. The van der Waals surface area contributed by atoms with Crippen molar-refractivity contribution in [2.75, 3.05) is 32.2 Å². The first-order valence-corrected chi connectivity index (χ1v) is 10.7. The standard InChI is InChI=1S/C21H33N5O6/c1-13(2)16-11-31-7-3-4-8-32-12-17(19(27)24-16)26-21(30)25-15(20(28)29)9-14-5-6-18(22)23-10-14/h5-6,10,13,15-17H,3-4,7-9,11-12H2,1-2H3,(H2,22,23)(H,24,27)(H,28,29)(H2,25,26,30)/t15-,16+,17+/m0/s1. The number of carbonyl (C=O) groups is 3. The largest absolute Gasteiger partial charge is 0.480 e. The minimum atomic E-state index is -1.22. The maximum atomic E-state index is 12.8. The number of pyridine rings is 1. The van der Waals surface area contributed by atoms with E-state index in [9.17, 15) is 19.5 Å². The number of urea groups is 1. The Morgan fingerprint density at radius 3 is 2.53 bits per heavy atom. The number of carbonyl (C=O) groups excluding carboxylic acids is 2.